The van der Waals surface area contributed by atoms with Gasteiger partial charge in [0.1, 0.15) is 0 Å². The van der Waals surface area contributed by atoms with Gasteiger partial charge in [0.15, 0.2) is 5.16 Å². The normalized spacial score (nSPS) is 14.1. The van der Waals surface area contributed by atoms with Crippen LogP contribution in [0.4, 0.5) is 0 Å². The lowest BCUT2D eigenvalue weighted by molar-refractivity contribution is 0.711. The first kappa shape index (κ1) is 14.0. The second-order valence-electron chi connectivity index (χ2n) is 4.48. The lowest BCUT2D eigenvalue weighted by Gasteiger charge is -2.19. The van der Waals surface area contributed by atoms with E-state index in [0.29, 0.717) is 0 Å². The molecule has 0 aliphatic rings. The van der Waals surface area contributed by atoms with Crippen molar-refractivity contribution in [3.8, 4) is 0 Å². The second kappa shape index (κ2) is 6.68. The van der Waals surface area contributed by atoms with Gasteiger partial charge in [-0.2, -0.15) is 0 Å². The number of rotatable bonds is 5. The molecule has 0 spiro atoms. The van der Waals surface area contributed by atoms with Gasteiger partial charge >= 0.3 is 0 Å². The Bertz CT molecular complexity index is 499. The van der Waals surface area contributed by atoms with E-state index in [1.807, 2.05) is 6.07 Å². The van der Waals surface area contributed by atoms with Crippen LogP contribution in [0.15, 0.2) is 47.9 Å². The molecule has 0 radical (unpaired) electrons. The SMILES string of the molecule is CCc1ccc(C(N)C(C)Sc2ncccn2)cc1. The van der Waals surface area contributed by atoms with E-state index in [9.17, 15) is 0 Å². The quantitative estimate of drug-likeness (QED) is 0.671. The lowest BCUT2D eigenvalue weighted by atomic mass is 10.0. The molecule has 3 nitrogen and oxygen atoms in total. The third-order valence-electron chi connectivity index (χ3n) is 3.11. The van der Waals surface area contributed by atoms with E-state index >= 15 is 0 Å². The number of nitrogens with two attached hydrogens (primary N) is 1. The summed E-state index contributed by atoms with van der Waals surface area (Å²) in [5, 5.41) is 1.01. The summed E-state index contributed by atoms with van der Waals surface area (Å²) in [6, 6.07) is 10.3. The topological polar surface area (TPSA) is 51.8 Å². The van der Waals surface area contributed by atoms with Gasteiger partial charge in [0, 0.05) is 23.7 Å². The van der Waals surface area contributed by atoms with Crippen molar-refractivity contribution < 1.29 is 0 Å². The van der Waals surface area contributed by atoms with E-state index in [0.717, 1.165) is 17.1 Å². The van der Waals surface area contributed by atoms with E-state index in [1.165, 1.54) is 5.56 Å². The highest BCUT2D eigenvalue weighted by molar-refractivity contribution is 7.99. The summed E-state index contributed by atoms with van der Waals surface area (Å²) >= 11 is 1.61. The predicted octanol–water partition coefficient (Wildman–Crippen LogP) is 3.22. The van der Waals surface area contributed by atoms with Crippen LogP contribution in [0.2, 0.25) is 0 Å². The molecule has 100 valence electrons. The predicted molar refractivity (Wildman–Crippen MR) is 80.1 cm³/mol. The molecule has 2 rings (SSSR count). The van der Waals surface area contributed by atoms with Crippen LogP contribution in [0, 0.1) is 0 Å². The molecule has 0 aliphatic heterocycles. The molecular weight excluding hydrogens is 254 g/mol. The Morgan fingerprint density at radius 3 is 2.37 bits per heavy atom. The van der Waals surface area contributed by atoms with Crippen molar-refractivity contribution in [2.45, 2.75) is 36.7 Å². The second-order valence-corrected chi connectivity index (χ2v) is 5.82. The molecule has 19 heavy (non-hydrogen) atoms. The largest absolute Gasteiger partial charge is 0.323 e. The molecule has 1 aromatic carbocycles. The van der Waals surface area contributed by atoms with Gasteiger partial charge in [0.05, 0.1) is 0 Å². The summed E-state index contributed by atoms with van der Waals surface area (Å²) < 4.78 is 0. The highest BCUT2D eigenvalue weighted by Crippen LogP contribution is 2.28. The number of benzene rings is 1. The minimum atomic E-state index is -0.0142. The maximum atomic E-state index is 6.30. The average Bonchev–Trinajstić information content (AvgIpc) is 2.47. The first-order chi connectivity index (χ1) is 9.20. The molecule has 0 fully saturated rings. The van der Waals surface area contributed by atoms with Gasteiger partial charge < -0.3 is 5.73 Å². The van der Waals surface area contributed by atoms with E-state index in [-0.39, 0.29) is 11.3 Å². The third-order valence-corrected chi connectivity index (χ3v) is 4.20. The molecule has 0 saturated heterocycles. The lowest BCUT2D eigenvalue weighted by Crippen LogP contribution is -2.21. The first-order valence-electron chi connectivity index (χ1n) is 6.48. The molecule has 1 aromatic heterocycles. The number of hydrogen-bond acceptors (Lipinski definition) is 4. The van der Waals surface area contributed by atoms with Crippen molar-refractivity contribution in [2.75, 3.05) is 0 Å². The molecule has 1 heterocycles. The number of aryl methyl sites for hydroxylation is 1. The smallest absolute Gasteiger partial charge is 0.187 e. The maximum Gasteiger partial charge on any atom is 0.187 e. The van der Waals surface area contributed by atoms with Crippen LogP contribution in [0.5, 0.6) is 0 Å². The van der Waals surface area contributed by atoms with Crippen LogP contribution >= 0.6 is 11.8 Å². The highest BCUT2D eigenvalue weighted by atomic mass is 32.2. The zero-order valence-electron chi connectivity index (χ0n) is 11.3. The van der Waals surface area contributed by atoms with E-state index < -0.39 is 0 Å². The van der Waals surface area contributed by atoms with Crippen LogP contribution in [-0.2, 0) is 6.42 Å². The number of hydrogen-bond donors (Lipinski definition) is 1. The third kappa shape index (κ3) is 3.78. The summed E-state index contributed by atoms with van der Waals surface area (Å²) in [5.41, 5.74) is 8.80. The van der Waals surface area contributed by atoms with Gasteiger partial charge in [-0.05, 0) is 23.6 Å². The van der Waals surface area contributed by atoms with E-state index in [1.54, 1.807) is 24.2 Å². The zero-order valence-corrected chi connectivity index (χ0v) is 12.1. The summed E-state index contributed by atoms with van der Waals surface area (Å²) in [5.74, 6) is 0. The zero-order chi connectivity index (χ0) is 13.7. The van der Waals surface area contributed by atoms with Gasteiger partial charge in [-0.3, -0.25) is 0 Å². The standard InChI is InChI=1S/C15H19N3S/c1-3-12-5-7-13(8-6-12)14(16)11(2)19-15-17-9-4-10-18-15/h4-11,14H,3,16H2,1-2H3. The number of aromatic nitrogens is 2. The van der Waals surface area contributed by atoms with Crippen molar-refractivity contribution in [3.63, 3.8) is 0 Å². The van der Waals surface area contributed by atoms with Crippen molar-refractivity contribution in [2.24, 2.45) is 5.73 Å². The Morgan fingerprint density at radius 1 is 1.16 bits per heavy atom. The van der Waals surface area contributed by atoms with Gasteiger partial charge in [0.25, 0.3) is 0 Å². The highest BCUT2D eigenvalue weighted by Gasteiger charge is 2.17. The van der Waals surface area contributed by atoms with Gasteiger partial charge in [-0.25, -0.2) is 9.97 Å². The Labute approximate surface area is 118 Å². The Hall–Kier alpha value is -1.39. The minimum Gasteiger partial charge on any atom is -0.323 e. The summed E-state index contributed by atoms with van der Waals surface area (Å²) in [4.78, 5) is 8.44. The molecule has 2 N–H and O–H groups in total. The van der Waals surface area contributed by atoms with Crippen molar-refractivity contribution in [3.05, 3.63) is 53.9 Å². The fourth-order valence-corrected chi connectivity index (χ4v) is 2.71. The van der Waals surface area contributed by atoms with Crippen LogP contribution < -0.4 is 5.73 Å². The molecule has 0 saturated carbocycles. The fraction of sp³-hybridized carbons (Fsp3) is 0.333. The molecule has 0 bridgehead atoms. The molecule has 2 atom stereocenters. The van der Waals surface area contributed by atoms with Gasteiger partial charge in [-0.1, -0.05) is 49.9 Å². The first-order valence-corrected chi connectivity index (χ1v) is 7.36. The minimum absolute atomic E-state index is 0.0142. The summed E-state index contributed by atoms with van der Waals surface area (Å²) in [7, 11) is 0. The van der Waals surface area contributed by atoms with Crippen molar-refractivity contribution in [1.29, 1.82) is 0 Å². The maximum absolute atomic E-state index is 6.30. The van der Waals surface area contributed by atoms with Crippen LogP contribution in [-0.4, -0.2) is 15.2 Å². The molecule has 2 aromatic rings. The van der Waals surface area contributed by atoms with E-state index in [2.05, 4.69) is 48.1 Å². The number of thioether (sulfide) groups is 1. The Morgan fingerprint density at radius 2 is 1.79 bits per heavy atom. The molecule has 0 amide bonds. The van der Waals surface area contributed by atoms with Crippen LogP contribution in [0.3, 0.4) is 0 Å². The van der Waals surface area contributed by atoms with Crippen LogP contribution in [0.25, 0.3) is 0 Å². The fourth-order valence-electron chi connectivity index (χ4n) is 1.83. The molecule has 0 aliphatic carbocycles. The van der Waals surface area contributed by atoms with Gasteiger partial charge in [0.2, 0.25) is 0 Å². The number of nitrogens with zero attached hydrogens (tertiary/aromatic N) is 2. The molecule has 2 unspecified atom stereocenters. The van der Waals surface area contributed by atoms with E-state index in [4.69, 9.17) is 5.73 Å². The Balaban J connectivity index is 2.03. The average molecular weight is 273 g/mol. The van der Waals surface area contributed by atoms with Crippen LogP contribution in [0.1, 0.15) is 31.0 Å². The van der Waals surface area contributed by atoms with Gasteiger partial charge in [-0.15, -0.1) is 0 Å². The molecular formula is C15H19N3S. The molecule has 4 heteroatoms. The summed E-state index contributed by atoms with van der Waals surface area (Å²) in [6.07, 6.45) is 4.56. The summed E-state index contributed by atoms with van der Waals surface area (Å²) in [6.45, 7) is 4.26. The monoisotopic (exact) mass is 273 g/mol. The van der Waals surface area contributed by atoms with Crippen molar-refractivity contribution in [1.82, 2.24) is 9.97 Å². The Kier molecular flexibility index (Phi) is 4.93. The van der Waals surface area contributed by atoms with Crippen molar-refractivity contribution >= 4 is 11.8 Å².